The molecule has 0 bridgehead atoms. The molecule has 1 saturated heterocycles. The van der Waals surface area contributed by atoms with Crippen LogP contribution in [0.5, 0.6) is 0 Å². The number of hydrogen-bond acceptors (Lipinski definition) is 3. The largest absolute Gasteiger partial charge is 0.350 e. The molecule has 0 spiro atoms. The summed E-state index contributed by atoms with van der Waals surface area (Å²) < 4.78 is 27.0. The van der Waals surface area contributed by atoms with Gasteiger partial charge in [0.05, 0.1) is 4.90 Å². The highest BCUT2D eigenvalue weighted by atomic mass is 32.2. The number of nitrogens with one attached hydrogen (secondary N) is 1. The topological polar surface area (TPSA) is 66.5 Å². The van der Waals surface area contributed by atoms with Crippen LogP contribution < -0.4 is 5.32 Å². The number of nitrogens with zero attached hydrogens (tertiary/aromatic N) is 1. The van der Waals surface area contributed by atoms with Gasteiger partial charge < -0.3 is 5.32 Å². The zero-order valence-electron chi connectivity index (χ0n) is 17.2. The van der Waals surface area contributed by atoms with Crippen molar-refractivity contribution in [2.24, 2.45) is 0 Å². The van der Waals surface area contributed by atoms with E-state index in [-0.39, 0.29) is 11.9 Å². The maximum Gasteiger partial charge on any atom is 0.244 e. The summed E-state index contributed by atoms with van der Waals surface area (Å²) in [6.45, 7) is 6.80. The number of amides is 1. The minimum Gasteiger partial charge on any atom is -0.350 e. The molecule has 6 heteroatoms. The normalized spacial score (nSPS) is 16.2. The molecule has 1 heterocycles. The molecule has 0 radical (unpaired) electrons. The van der Waals surface area contributed by atoms with E-state index in [1.54, 1.807) is 18.2 Å². The summed E-state index contributed by atoms with van der Waals surface area (Å²) in [7, 11) is -3.48. The minimum atomic E-state index is -3.48. The molecule has 3 rings (SSSR count). The Balaban J connectivity index is 1.54. The number of rotatable bonds is 5. The van der Waals surface area contributed by atoms with Gasteiger partial charge in [-0.25, -0.2) is 8.42 Å². The molecule has 1 aliphatic heterocycles. The zero-order chi connectivity index (χ0) is 21.0. The van der Waals surface area contributed by atoms with Gasteiger partial charge in [0.15, 0.2) is 0 Å². The van der Waals surface area contributed by atoms with Crippen molar-refractivity contribution >= 4 is 22.0 Å². The SMILES string of the molecule is Cc1ccc(S(=O)(=O)N2CCC(NC(=O)/C=C/c3ccc(C)cc3C)CC2)cc1. The molecule has 0 atom stereocenters. The van der Waals surface area contributed by atoms with Gasteiger partial charge in [-0.1, -0.05) is 41.5 Å². The van der Waals surface area contributed by atoms with Crippen molar-refractivity contribution in [3.63, 3.8) is 0 Å². The Bertz CT molecular complexity index is 1000. The van der Waals surface area contributed by atoms with Crippen LogP contribution in [0.4, 0.5) is 0 Å². The van der Waals surface area contributed by atoms with E-state index >= 15 is 0 Å². The lowest BCUT2D eigenvalue weighted by Crippen LogP contribution is -2.46. The first-order valence-electron chi connectivity index (χ1n) is 9.88. The van der Waals surface area contributed by atoms with E-state index in [9.17, 15) is 13.2 Å². The Kier molecular flexibility index (Phi) is 6.55. The second-order valence-corrected chi connectivity index (χ2v) is 9.63. The third kappa shape index (κ3) is 5.34. The van der Waals surface area contributed by atoms with E-state index in [4.69, 9.17) is 0 Å². The Morgan fingerprint density at radius 3 is 2.24 bits per heavy atom. The summed E-state index contributed by atoms with van der Waals surface area (Å²) in [6.07, 6.45) is 4.58. The van der Waals surface area contributed by atoms with Crippen molar-refractivity contribution in [3.8, 4) is 0 Å². The quantitative estimate of drug-likeness (QED) is 0.763. The van der Waals surface area contributed by atoms with Crippen LogP contribution >= 0.6 is 0 Å². The van der Waals surface area contributed by atoms with Gasteiger partial charge in [0.2, 0.25) is 15.9 Å². The first kappa shape index (κ1) is 21.3. The minimum absolute atomic E-state index is 0.0178. The number of carbonyl (C=O) groups excluding carboxylic acids is 1. The predicted molar refractivity (Wildman–Crippen MR) is 116 cm³/mol. The van der Waals surface area contributed by atoms with Crippen molar-refractivity contribution in [3.05, 3.63) is 70.8 Å². The van der Waals surface area contributed by atoms with Crippen molar-refractivity contribution < 1.29 is 13.2 Å². The van der Waals surface area contributed by atoms with Crippen molar-refractivity contribution in [2.45, 2.75) is 44.6 Å². The summed E-state index contributed by atoms with van der Waals surface area (Å²) >= 11 is 0. The van der Waals surface area contributed by atoms with E-state index in [1.165, 1.54) is 9.87 Å². The van der Waals surface area contributed by atoms with Crippen LogP contribution in [0.1, 0.15) is 35.1 Å². The number of benzene rings is 2. The van der Waals surface area contributed by atoms with Crippen molar-refractivity contribution in [2.75, 3.05) is 13.1 Å². The maximum absolute atomic E-state index is 12.8. The molecule has 1 amide bonds. The molecule has 0 aliphatic carbocycles. The van der Waals surface area contributed by atoms with Crippen LogP contribution in [-0.2, 0) is 14.8 Å². The number of carbonyl (C=O) groups is 1. The molecule has 29 heavy (non-hydrogen) atoms. The first-order chi connectivity index (χ1) is 13.8. The molecular formula is C23H28N2O3S. The molecule has 154 valence electrons. The second kappa shape index (κ2) is 8.93. The average Bonchev–Trinajstić information content (AvgIpc) is 2.68. The number of hydrogen-bond donors (Lipinski definition) is 1. The van der Waals surface area contributed by atoms with E-state index < -0.39 is 10.0 Å². The van der Waals surface area contributed by atoms with Gasteiger partial charge in [-0.2, -0.15) is 4.31 Å². The fraction of sp³-hybridized carbons (Fsp3) is 0.348. The lowest BCUT2D eigenvalue weighted by molar-refractivity contribution is -0.117. The monoisotopic (exact) mass is 412 g/mol. The van der Waals surface area contributed by atoms with Crippen molar-refractivity contribution in [1.82, 2.24) is 9.62 Å². The molecule has 2 aromatic carbocycles. The second-order valence-electron chi connectivity index (χ2n) is 7.69. The van der Waals surface area contributed by atoms with Gasteiger partial charge in [0.1, 0.15) is 0 Å². The van der Waals surface area contributed by atoms with E-state index in [1.807, 2.05) is 51.1 Å². The Hall–Kier alpha value is -2.44. The van der Waals surface area contributed by atoms with Crippen LogP contribution in [0.2, 0.25) is 0 Å². The average molecular weight is 413 g/mol. The highest BCUT2D eigenvalue weighted by molar-refractivity contribution is 7.89. The van der Waals surface area contributed by atoms with E-state index in [2.05, 4.69) is 11.4 Å². The molecule has 2 aromatic rings. The summed E-state index contributed by atoms with van der Waals surface area (Å²) in [4.78, 5) is 12.6. The Morgan fingerprint density at radius 2 is 1.62 bits per heavy atom. The van der Waals surface area contributed by atoms with Crippen LogP contribution in [0.15, 0.2) is 53.4 Å². The maximum atomic E-state index is 12.8. The van der Waals surface area contributed by atoms with Crippen LogP contribution in [-0.4, -0.2) is 37.8 Å². The summed E-state index contributed by atoms with van der Waals surface area (Å²) in [5.74, 6) is -0.148. The van der Waals surface area contributed by atoms with Gasteiger partial charge in [0, 0.05) is 25.2 Å². The van der Waals surface area contributed by atoms with E-state index in [0.717, 1.165) is 16.7 Å². The van der Waals surface area contributed by atoms with Crippen LogP contribution in [0.25, 0.3) is 6.08 Å². The van der Waals surface area contributed by atoms with Crippen molar-refractivity contribution in [1.29, 1.82) is 0 Å². The molecule has 0 saturated carbocycles. The zero-order valence-corrected chi connectivity index (χ0v) is 18.0. The smallest absolute Gasteiger partial charge is 0.244 e. The van der Waals surface area contributed by atoms with Gasteiger partial charge in [-0.05, 0) is 62.9 Å². The molecular weight excluding hydrogens is 384 g/mol. The summed E-state index contributed by atoms with van der Waals surface area (Å²) in [5.41, 5.74) is 4.36. The van der Waals surface area contributed by atoms with Gasteiger partial charge in [0.25, 0.3) is 0 Å². The Labute approximate surface area is 173 Å². The molecule has 1 aliphatic rings. The molecule has 1 N–H and O–H groups in total. The van der Waals surface area contributed by atoms with Crippen LogP contribution in [0, 0.1) is 20.8 Å². The Morgan fingerprint density at radius 1 is 1.00 bits per heavy atom. The molecule has 5 nitrogen and oxygen atoms in total. The summed E-state index contributed by atoms with van der Waals surface area (Å²) in [6, 6.07) is 13.0. The van der Waals surface area contributed by atoms with Crippen LogP contribution in [0.3, 0.4) is 0 Å². The van der Waals surface area contributed by atoms with Gasteiger partial charge >= 0.3 is 0 Å². The van der Waals surface area contributed by atoms with Gasteiger partial charge in [-0.3, -0.25) is 4.79 Å². The first-order valence-corrected chi connectivity index (χ1v) is 11.3. The lowest BCUT2D eigenvalue weighted by atomic mass is 10.0. The standard InChI is InChI=1S/C23H28N2O3S/c1-17-5-9-22(10-6-17)29(27,28)25-14-12-21(13-15-25)24-23(26)11-8-20-7-4-18(2)16-19(20)3/h4-11,16,21H,12-15H2,1-3H3,(H,24,26)/b11-8+. The third-order valence-corrected chi connectivity index (χ3v) is 7.21. The highest BCUT2D eigenvalue weighted by Crippen LogP contribution is 2.21. The number of piperidine rings is 1. The molecule has 0 unspecified atom stereocenters. The fourth-order valence-electron chi connectivity index (χ4n) is 3.53. The molecule has 0 aromatic heterocycles. The van der Waals surface area contributed by atoms with Gasteiger partial charge in [-0.15, -0.1) is 0 Å². The number of aryl methyl sites for hydroxylation is 3. The third-order valence-electron chi connectivity index (χ3n) is 5.30. The van der Waals surface area contributed by atoms with E-state index in [0.29, 0.717) is 30.8 Å². The predicted octanol–water partition coefficient (Wildman–Crippen LogP) is 3.59. The lowest BCUT2D eigenvalue weighted by Gasteiger charge is -2.31. The highest BCUT2D eigenvalue weighted by Gasteiger charge is 2.29. The molecule has 1 fully saturated rings. The number of sulfonamides is 1. The summed E-state index contributed by atoms with van der Waals surface area (Å²) in [5, 5.41) is 2.99. The fourth-order valence-corrected chi connectivity index (χ4v) is 5.00.